The first-order valence-electron chi connectivity index (χ1n) is 7.66. The molecule has 0 aliphatic carbocycles. The number of hydrogen-bond donors (Lipinski definition) is 0. The second-order valence-corrected chi connectivity index (χ2v) is 9.96. The van der Waals surface area contributed by atoms with Crippen molar-refractivity contribution in [1.29, 1.82) is 0 Å². The minimum atomic E-state index is -0.969. The van der Waals surface area contributed by atoms with Crippen LogP contribution in [0.1, 0.15) is 38.5 Å². The Labute approximate surface area is 148 Å². The Morgan fingerprint density at radius 3 is 2.91 bits per heavy atom. The predicted octanol–water partition coefficient (Wildman–Crippen LogP) is 3.69. The summed E-state index contributed by atoms with van der Waals surface area (Å²) in [7, 11) is -0.969. The summed E-state index contributed by atoms with van der Waals surface area (Å²) in [6, 6.07) is 0. The number of ether oxygens (including phenoxy) is 1. The maximum Gasteiger partial charge on any atom is 0.410 e. The van der Waals surface area contributed by atoms with Gasteiger partial charge in [-0.05, 0) is 39.5 Å². The van der Waals surface area contributed by atoms with E-state index < -0.39 is 16.4 Å². The minimum absolute atomic E-state index is 0.250. The molecule has 2 unspecified atom stereocenters. The number of rotatable bonds is 4. The standard InChI is InChI=1S/C15H23ClN2O3S2/c1-15(2,3)21-14(19)18-6-4-5-11(8-18)9-23(20)10-12-7-17-13(16)22-12/h7,11H,4-6,8-10H2,1-3H3. The van der Waals surface area contributed by atoms with Gasteiger partial charge in [0.25, 0.3) is 0 Å². The van der Waals surface area contributed by atoms with Crippen molar-refractivity contribution in [2.75, 3.05) is 18.8 Å². The second-order valence-electron chi connectivity index (χ2n) is 6.76. The fourth-order valence-electron chi connectivity index (χ4n) is 2.52. The molecule has 0 aromatic carbocycles. The summed E-state index contributed by atoms with van der Waals surface area (Å²) in [5.74, 6) is 1.32. The zero-order valence-corrected chi connectivity index (χ0v) is 16.1. The lowest BCUT2D eigenvalue weighted by Gasteiger charge is -2.34. The summed E-state index contributed by atoms with van der Waals surface area (Å²) in [6.45, 7) is 6.91. The van der Waals surface area contributed by atoms with Crippen molar-refractivity contribution >= 4 is 39.8 Å². The first-order valence-corrected chi connectivity index (χ1v) is 10.3. The van der Waals surface area contributed by atoms with Crippen LogP contribution in [-0.2, 0) is 21.3 Å². The lowest BCUT2D eigenvalue weighted by Crippen LogP contribution is -2.44. The monoisotopic (exact) mass is 378 g/mol. The molecule has 8 heteroatoms. The number of piperidine rings is 1. The van der Waals surface area contributed by atoms with Crippen molar-refractivity contribution in [3.8, 4) is 0 Å². The van der Waals surface area contributed by atoms with Crippen molar-refractivity contribution in [3.63, 3.8) is 0 Å². The Kier molecular flexibility index (Phi) is 6.45. The molecule has 0 bridgehead atoms. The van der Waals surface area contributed by atoms with E-state index in [1.165, 1.54) is 11.3 Å². The van der Waals surface area contributed by atoms with Crippen molar-refractivity contribution < 1.29 is 13.7 Å². The minimum Gasteiger partial charge on any atom is -0.444 e. The number of thiazole rings is 1. The van der Waals surface area contributed by atoms with Gasteiger partial charge in [-0.2, -0.15) is 0 Å². The summed E-state index contributed by atoms with van der Waals surface area (Å²) in [5.41, 5.74) is -0.488. The maximum atomic E-state index is 12.3. The molecule has 1 aromatic rings. The van der Waals surface area contributed by atoms with Crippen molar-refractivity contribution in [3.05, 3.63) is 15.5 Å². The molecule has 0 spiro atoms. The molecule has 2 atom stereocenters. The van der Waals surface area contributed by atoms with Crippen LogP contribution in [0.3, 0.4) is 0 Å². The molecular weight excluding hydrogens is 356 g/mol. The molecule has 2 rings (SSSR count). The zero-order valence-electron chi connectivity index (χ0n) is 13.7. The Morgan fingerprint density at radius 1 is 1.57 bits per heavy atom. The van der Waals surface area contributed by atoms with Gasteiger partial charge < -0.3 is 9.64 Å². The SMILES string of the molecule is CC(C)(C)OC(=O)N1CCCC(CS(=O)Cc2cnc(Cl)s2)C1. The summed E-state index contributed by atoms with van der Waals surface area (Å²) in [6.07, 6.45) is 3.32. The molecule has 23 heavy (non-hydrogen) atoms. The first kappa shape index (κ1) is 18.7. The van der Waals surface area contributed by atoms with Gasteiger partial charge in [0.15, 0.2) is 4.47 Å². The van der Waals surface area contributed by atoms with Crippen LogP contribution in [-0.4, -0.2) is 44.6 Å². The molecule has 1 aliphatic heterocycles. The van der Waals surface area contributed by atoms with Crippen LogP contribution >= 0.6 is 22.9 Å². The average molecular weight is 379 g/mol. The van der Waals surface area contributed by atoms with Crippen molar-refractivity contribution in [2.45, 2.75) is 45.0 Å². The summed E-state index contributed by atoms with van der Waals surface area (Å²) in [5, 5.41) is 0. The van der Waals surface area contributed by atoms with E-state index in [1.807, 2.05) is 20.8 Å². The first-order chi connectivity index (χ1) is 10.7. The molecule has 1 aliphatic rings. The highest BCUT2D eigenvalue weighted by Crippen LogP contribution is 2.23. The number of carbonyl (C=O) groups is 1. The molecule has 1 saturated heterocycles. The molecule has 0 saturated carbocycles. The Balaban J connectivity index is 1.83. The van der Waals surface area contributed by atoms with E-state index >= 15 is 0 Å². The molecule has 5 nitrogen and oxygen atoms in total. The quantitative estimate of drug-likeness (QED) is 0.801. The largest absolute Gasteiger partial charge is 0.444 e. The van der Waals surface area contributed by atoms with Gasteiger partial charge in [0.2, 0.25) is 0 Å². The third-order valence-corrected chi connectivity index (χ3v) is 6.19. The number of halogens is 1. The van der Waals surface area contributed by atoms with Crippen LogP contribution in [0, 0.1) is 5.92 Å². The van der Waals surface area contributed by atoms with E-state index in [2.05, 4.69) is 4.98 Å². The third kappa shape index (κ3) is 6.39. The highest BCUT2D eigenvalue weighted by atomic mass is 35.5. The number of carbonyl (C=O) groups excluding carboxylic acids is 1. The van der Waals surface area contributed by atoms with Gasteiger partial charge in [-0.1, -0.05) is 11.6 Å². The van der Waals surface area contributed by atoms with Crippen LogP contribution < -0.4 is 0 Å². The normalized spacial score (nSPS) is 20.3. The van der Waals surface area contributed by atoms with Gasteiger partial charge in [0, 0.05) is 40.7 Å². The van der Waals surface area contributed by atoms with E-state index in [9.17, 15) is 9.00 Å². The molecule has 130 valence electrons. The zero-order chi connectivity index (χ0) is 17.0. The fraction of sp³-hybridized carbons (Fsp3) is 0.733. The Morgan fingerprint density at radius 2 is 2.30 bits per heavy atom. The van der Waals surface area contributed by atoms with E-state index in [0.717, 1.165) is 17.7 Å². The Bertz CT molecular complexity index is 571. The molecule has 2 heterocycles. The van der Waals surface area contributed by atoms with E-state index in [1.54, 1.807) is 11.1 Å². The molecular formula is C15H23ClN2O3S2. The average Bonchev–Trinajstić information content (AvgIpc) is 2.82. The molecule has 0 radical (unpaired) electrons. The van der Waals surface area contributed by atoms with E-state index in [-0.39, 0.29) is 12.0 Å². The van der Waals surface area contributed by atoms with Gasteiger partial charge in [-0.3, -0.25) is 4.21 Å². The van der Waals surface area contributed by atoms with Gasteiger partial charge in [0.05, 0.1) is 5.75 Å². The van der Waals surface area contributed by atoms with Gasteiger partial charge in [-0.25, -0.2) is 9.78 Å². The van der Waals surface area contributed by atoms with Crippen LogP contribution in [0.2, 0.25) is 4.47 Å². The number of amides is 1. The van der Waals surface area contributed by atoms with Gasteiger partial charge in [0.1, 0.15) is 5.60 Å². The van der Waals surface area contributed by atoms with Crippen LogP contribution in [0.25, 0.3) is 0 Å². The summed E-state index contributed by atoms with van der Waals surface area (Å²) < 4.78 is 18.2. The molecule has 1 amide bonds. The second kappa shape index (κ2) is 7.94. The lowest BCUT2D eigenvalue weighted by atomic mass is 10.0. The number of likely N-dealkylation sites (tertiary alicyclic amines) is 1. The van der Waals surface area contributed by atoms with Crippen LogP contribution in [0.15, 0.2) is 6.20 Å². The third-order valence-electron chi connectivity index (χ3n) is 3.42. The van der Waals surface area contributed by atoms with Crippen molar-refractivity contribution in [2.24, 2.45) is 5.92 Å². The highest BCUT2D eigenvalue weighted by molar-refractivity contribution is 7.84. The smallest absolute Gasteiger partial charge is 0.410 e. The van der Waals surface area contributed by atoms with E-state index in [4.69, 9.17) is 16.3 Å². The molecule has 1 fully saturated rings. The summed E-state index contributed by atoms with van der Waals surface area (Å²) in [4.78, 5) is 18.8. The molecule has 1 aromatic heterocycles. The lowest BCUT2D eigenvalue weighted by molar-refractivity contribution is 0.0176. The summed E-state index contributed by atoms with van der Waals surface area (Å²) >= 11 is 7.16. The number of hydrogen-bond acceptors (Lipinski definition) is 5. The molecule has 0 N–H and O–H groups in total. The highest BCUT2D eigenvalue weighted by Gasteiger charge is 2.28. The van der Waals surface area contributed by atoms with Crippen LogP contribution in [0.4, 0.5) is 4.79 Å². The van der Waals surface area contributed by atoms with Gasteiger partial charge in [-0.15, -0.1) is 11.3 Å². The fourth-order valence-corrected chi connectivity index (χ4v) is 5.24. The van der Waals surface area contributed by atoms with Gasteiger partial charge >= 0.3 is 6.09 Å². The van der Waals surface area contributed by atoms with Crippen molar-refractivity contribution in [1.82, 2.24) is 9.88 Å². The Hall–Kier alpha value is -0.660. The topological polar surface area (TPSA) is 59.5 Å². The number of aromatic nitrogens is 1. The number of nitrogens with zero attached hydrogens (tertiary/aromatic N) is 2. The predicted molar refractivity (Wildman–Crippen MR) is 94.4 cm³/mol. The van der Waals surface area contributed by atoms with E-state index in [0.29, 0.717) is 29.1 Å². The maximum absolute atomic E-state index is 12.3. The van der Waals surface area contributed by atoms with Crippen LogP contribution in [0.5, 0.6) is 0 Å².